The van der Waals surface area contributed by atoms with Crippen LogP contribution in [0.2, 0.25) is 0 Å². The molecule has 0 radical (unpaired) electrons. The third kappa shape index (κ3) is 6.73. The fourth-order valence-corrected chi connectivity index (χ4v) is 4.23. The highest BCUT2D eigenvalue weighted by atomic mass is 19.1. The summed E-state index contributed by atoms with van der Waals surface area (Å²) in [6.45, 7) is 5.49. The first-order chi connectivity index (χ1) is 19.7. The van der Waals surface area contributed by atoms with E-state index in [1.54, 1.807) is 38.1 Å². The minimum absolute atomic E-state index is 0.0591. The van der Waals surface area contributed by atoms with E-state index in [4.69, 9.17) is 20.9 Å². The number of hydrogen-bond donors (Lipinski definition) is 3. The quantitative estimate of drug-likeness (QED) is 0.127. The topological polar surface area (TPSA) is 130 Å². The molecule has 0 bridgehead atoms. The van der Waals surface area contributed by atoms with Crippen LogP contribution in [0.4, 0.5) is 27.4 Å². The summed E-state index contributed by atoms with van der Waals surface area (Å²) >= 11 is 0. The number of likely N-dealkylation sites (N-methyl/N-ethyl adjacent to an activating group) is 1. The van der Waals surface area contributed by atoms with Gasteiger partial charge in [-0.2, -0.15) is 0 Å². The summed E-state index contributed by atoms with van der Waals surface area (Å²) in [5.41, 5.74) is 8.48. The Hall–Kier alpha value is -5.12. The number of halogens is 1. The van der Waals surface area contributed by atoms with E-state index < -0.39 is 11.9 Å². The standard InChI is InChI=1S/C31H32FN7O2/c1-19(2)41-26-15-14-21(16-24(26)32)28(33)27-29(34)35-18-36-30(27)37-20(3)31(39(4)23-11-6-5-7-12-23)38-25-13-9-8-10-22(25)17-40/h5-20,33H,1-4H3,(H3,34,35,36,37). The Balaban J connectivity index is 1.73. The molecule has 1 atom stereocenters. The minimum atomic E-state index is -0.591. The van der Waals surface area contributed by atoms with Gasteiger partial charge in [-0.05, 0) is 63.2 Å². The molecule has 4 rings (SSSR count). The lowest BCUT2D eigenvalue weighted by Crippen LogP contribution is -2.40. The summed E-state index contributed by atoms with van der Waals surface area (Å²) < 4.78 is 20.3. The summed E-state index contributed by atoms with van der Waals surface area (Å²) in [4.78, 5) is 26.9. The van der Waals surface area contributed by atoms with E-state index in [9.17, 15) is 9.18 Å². The summed E-state index contributed by atoms with van der Waals surface area (Å²) in [6.07, 6.45) is 1.85. The van der Waals surface area contributed by atoms with Gasteiger partial charge in [0, 0.05) is 23.9 Å². The first-order valence-electron chi connectivity index (χ1n) is 13.0. The number of rotatable bonds is 10. The summed E-state index contributed by atoms with van der Waals surface area (Å²) in [5.74, 6) is 0.411. The maximum atomic E-state index is 14.8. The van der Waals surface area contributed by atoms with Crippen LogP contribution in [0.3, 0.4) is 0 Å². The van der Waals surface area contributed by atoms with Crippen LogP contribution >= 0.6 is 0 Å². The number of hydrogen-bond acceptors (Lipinski definition) is 8. The number of nitrogens with zero attached hydrogens (tertiary/aromatic N) is 4. The Morgan fingerprint density at radius 1 is 1.07 bits per heavy atom. The van der Waals surface area contributed by atoms with Gasteiger partial charge in [0.05, 0.1) is 29.1 Å². The molecule has 0 fully saturated rings. The summed E-state index contributed by atoms with van der Waals surface area (Å²) in [6, 6.07) is 20.5. The van der Waals surface area contributed by atoms with Crippen molar-refractivity contribution in [2.75, 3.05) is 23.0 Å². The highest BCUT2D eigenvalue weighted by molar-refractivity contribution is 6.16. The lowest BCUT2D eigenvalue weighted by molar-refractivity contribution is 0.112. The van der Waals surface area contributed by atoms with Gasteiger partial charge < -0.3 is 20.7 Å². The number of benzene rings is 3. The average Bonchev–Trinajstić information content (AvgIpc) is 2.96. The monoisotopic (exact) mass is 553 g/mol. The second-order valence-electron chi connectivity index (χ2n) is 9.58. The molecule has 3 aromatic carbocycles. The molecule has 210 valence electrons. The van der Waals surface area contributed by atoms with Crippen LogP contribution in [0.1, 0.15) is 42.3 Å². The molecule has 0 saturated carbocycles. The highest BCUT2D eigenvalue weighted by Gasteiger charge is 2.23. The fourth-order valence-electron chi connectivity index (χ4n) is 4.23. The second-order valence-corrected chi connectivity index (χ2v) is 9.58. The molecule has 0 saturated heterocycles. The van der Waals surface area contributed by atoms with Crippen molar-refractivity contribution in [2.45, 2.75) is 32.9 Å². The predicted octanol–water partition coefficient (Wildman–Crippen LogP) is 5.88. The summed E-state index contributed by atoms with van der Waals surface area (Å²) in [7, 11) is 1.87. The van der Waals surface area contributed by atoms with Gasteiger partial charge in [0.2, 0.25) is 0 Å². The Labute approximate surface area is 238 Å². The lowest BCUT2D eigenvalue weighted by atomic mass is 10.0. The van der Waals surface area contributed by atoms with E-state index in [1.807, 2.05) is 55.3 Å². The number of aliphatic imine (C=N–C) groups is 1. The van der Waals surface area contributed by atoms with Gasteiger partial charge in [0.1, 0.15) is 23.8 Å². The highest BCUT2D eigenvalue weighted by Crippen LogP contribution is 2.27. The van der Waals surface area contributed by atoms with Gasteiger partial charge in [-0.15, -0.1) is 0 Å². The molecule has 1 unspecified atom stereocenters. The molecular weight excluding hydrogens is 521 g/mol. The number of nitrogen functional groups attached to an aromatic ring is 1. The van der Waals surface area contributed by atoms with Gasteiger partial charge in [-0.1, -0.05) is 30.3 Å². The number of amidine groups is 1. The second kappa shape index (κ2) is 12.8. The van der Waals surface area contributed by atoms with Crippen molar-refractivity contribution in [1.29, 1.82) is 5.41 Å². The largest absolute Gasteiger partial charge is 0.488 e. The van der Waals surface area contributed by atoms with E-state index in [-0.39, 0.29) is 40.3 Å². The van der Waals surface area contributed by atoms with Gasteiger partial charge in [-0.25, -0.2) is 19.4 Å². The third-order valence-corrected chi connectivity index (χ3v) is 6.24. The smallest absolute Gasteiger partial charge is 0.165 e. The van der Waals surface area contributed by atoms with Crippen molar-refractivity contribution in [3.8, 4) is 5.75 Å². The van der Waals surface area contributed by atoms with Crippen LogP contribution in [0.15, 0.2) is 84.1 Å². The van der Waals surface area contributed by atoms with Crippen molar-refractivity contribution in [1.82, 2.24) is 9.97 Å². The molecule has 0 spiro atoms. The normalized spacial score (nSPS) is 12.1. The van der Waals surface area contributed by atoms with Crippen molar-refractivity contribution < 1.29 is 13.9 Å². The number of para-hydroxylation sites is 2. The number of nitrogens with two attached hydrogens (primary N) is 1. The first kappa shape index (κ1) is 28.9. The van der Waals surface area contributed by atoms with Gasteiger partial charge in [-0.3, -0.25) is 10.2 Å². The molecule has 1 aromatic heterocycles. The van der Waals surface area contributed by atoms with E-state index >= 15 is 0 Å². The molecule has 10 heteroatoms. The zero-order valence-electron chi connectivity index (χ0n) is 23.3. The number of anilines is 3. The lowest BCUT2D eigenvalue weighted by Gasteiger charge is -2.28. The Kier molecular flexibility index (Phi) is 9.03. The molecule has 1 heterocycles. The van der Waals surface area contributed by atoms with Crippen LogP contribution in [0, 0.1) is 11.2 Å². The maximum absolute atomic E-state index is 14.8. The molecule has 0 amide bonds. The van der Waals surface area contributed by atoms with Crippen LogP contribution in [-0.4, -0.2) is 47.0 Å². The van der Waals surface area contributed by atoms with E-state index in [2.05, 4.69) is 15.3 Å². The van der Waals surface area contributed by atoms with Gasteiger partial charge in [0.25, 0.3) is 0 Å². The minimum Gasteiger partial charge on any atom is -0.488 e. The maximum Gasteiger partial charge on any atom is 0.165 e. The number of nitrogens with one attached hydrogen (secondary N) is 2. The average molecular weight is 554 g/mol. The molecule has 4 N–H and O–H groups in total. The zero-order valence-corrected chi connectivity index (χ0v) is 23.3. The number of ether oxygens (including phenoxy) is 1. The van der Waals surface area contributed by atoms with Crippen LogP contribution in [-0.2, 0) is 0 Å². The molecule has 0 aliphatic rings. The Morgan fingerprint density at radius 3 is 2.46 bits per heavy atom. The van der Waals surface area contributed by atoms with Crippen LogP contribution in [0.5, 0.6) is 5.75 Å². The number of aldehydes is 1. The van der Waals surface area contributed by atoms with Crippen molar-refractivity contribution in [3.63, 3.8) is 0 Å². The van der Waals surface area contributed by atoms with E-state index in [1.165, 1.54) is 18.5 Å². The van der Waals surface area contributed by atoms with Crippen LogP contribution in [0.25, 0.3) is 0 Å². The van der Waals surface area contributed by atoms with Gasteiger partial charge in [0.15, 0.2) is 17.9 Å². The fraction of sp³-hybridized carbons (Fsp3) is 0.194. The number of carbonyl (C=O) groups is 1. The van der Waals surface area contributed by atoms with E-state index in [0.29, 0.717) is 17.1 Å². The summed E-state index contributed by atoms with van der Waals surface area (Å²) in [5, 5.41) is 12.2. The van der Waals surface area contributed by atoms with Crippen LogP contribution < -0.4 is 20.7 Å². The SMILES string of the molecule is CC(C)Oc1ccc(C(=N)c2c(N)ncnc2NC(C)C(=Nc2ccccc2C=O)N(C)c2ccccc2)cc1F. The molecule has 0 aliphatic carbocycles. The zero-order chi connectivity index (χ0) is 29.5. The van der Waals surface area contributed by atoms with Crippen molar-refractivity contribution in [2.24, 2.45) is 4.99 Å². The van der Waals surface area contributed by atoms with Crippen molar-refractivity contribution >= 4 is 40.8 Å². The van der Waals surface area contributed by atoms with Crippen molar-refractivity contribution in [3.05, 3.63) is 102 Å². The number of carbonyl (C=O) groups excluding carboxylic acids is 1. The molecule has 41 heavy (non-hydrogen) atoms. The van der Waals surface area contributed by atoms with E-state index in [0.717, 1.165) is 12.0 Å². The number of aromatic nitrogens is 2. The Bertz CT molecular complexity index is 1570. The Morgan fingerprint density at radius 2 is 1.78 bits per heavy atom. The molecular formula is C31H32FN7O2. The molecule has 9 nitrogen and oxygen atoms in total. The van der Waals surface area contributed by atoms with Gasteiger partial charge >= 0.3 is 0 Å². The first-order valence-corrected chi connectivity index (χ1v) is 13.0. The predicted molar refractivity (Wildman–Crippen MR) is 161 cm³/mol. The third-order valence-electron chi connectivity index (χ3n) is 6.24. The molecule has 0 aliphatic heterocycles. The molecule has 4 aromatic rings.